The molecule has 0 bridgehead atoms. The van der Waals surface area contributed by atoms with Crippen molar-refractivity contribution in [1.82, 2.24) is 0 Å². The van der Waals surface area contributed by atoms with Crippen LogP contribution in [0.5, 0.6) is 0 Å². The fourth-order valence-corrected chi connectivity index (χ4v) is 1.50. The third kappa shape index (κ3) is 10.8. The molecule has 0 rings (SSSR count). The van der Waals surface area contributed by atoms with Crippen molar-refractivity contribution >= 4 is 11.9 Å². The lowest BCUT2D eigenvalue weighted by molar-refractivity contribution is -0.156. The van der Waals surface area contributed by atoms with Crippen LogP contribution in [0.4, 0.5) is 0 Å². The number of hydrogen-bond donors (Lipinski definition) is 1. The van der Waals surface area contributed by atoms with Crippen LogP contribution in [-0.4, -0.2) is 23.1 Å². The van der Waals surface area contributed by atoms with Crippen LogP contribution in [0.15, 0.2) is 0 Å². The van der Waals surface area contributed by atoms with E-state index in [1.165, 1.54) is 0 Å². The van der Waals surface area contributed by atoms with Crippen LogP contribution in [0.3, 0.4) is 0 Å². The first-order valence-electron chi connectivity index (χ1n) is 7.14. The predicted octanol–water partition coefficient (Wildman–Crippen LogP) is 4.13. The van der Waals surface area contributed by atoms with Crippen LogP contribution >= 0.6 is 0 Å². The molecule has 0 atom stereocenters. The maximum absolute atomic E-state index is 11.1. The molecule has 0 unspecified atom stereocenters. The highest BCUT2D eigenvalue weighted by molar-refractivity contribution is 5.75. The average molecular weight is 288 g/mol. The molecule has 20 heavy (non-hydrogen) atoms. The number of carboxylic acid groups (broad SMARTS) is 1. The van der Waals surface area contributed by atoms with Gasteiger partial charge < -0.3 is 9.84 Å². The smallest absolute Gasteiger partial charge is 0.311 e. The molecule has 0 aliphatic heterocycles. The molecule has 0 amide bonds. The minimum atomic E-state index is -0.707. The summed E-state index contributed by atoms with van der Waals surface area (Å²) in [7, 11) is 0. The molecule has 1 N–H and O–H groups in total. The highest BCUT2D eigenvalue weighted by Crippen LogP contribution is 2.24. The maximum Gasteiger partial charge on any atom is 0.311 e. The van der Waals surface area contributed by atoms with Gasteiger partial charge in [0, 0.05) is 0 Å². The van der Waals surface area contributed by atoms with Crippen molar-refractivity contribution in [2.24, 2.45) is 16.7 Å². The van der Waals surface area contributed by atoms with Crippen LogP contribution in [0, 0.1) is 16.7 Å². The summed E-state index contributed by atoms with van der Waals surface area (Å²) in [5.41, 5.74) is -0.932. The van der Waals surface area contributed by atoms with Crippen molar-refractivity contribution in [3.05, 3.63) is 0 Å². The van der Waals surface area contributed by atoms with Gasteiger partial charge in [-0.25, -0.2) is 0 Å². The van der Waals surface area contributed by atoms with Gasteiger partial charge in [-0.15, -0.1) is 0 Å². The summed E-state index contributed by atoms with van der Waals surface area (Å²) in [6.45, 7) is 16.8. The third-order valence-corrected chi connectivity index (χ3v) is 2.45. The topological polar surface area (TPSA) is 63.6 Å². The van der Waals surface area contributed by atoms with Crippen LogP contribution in [0.25, 0.3) is 0 Å². The summed E-state index contributed by atoms with van der Waals surface area (Å²) in [6, 6.07) is 0. The normalized spacial score (nSPS) is 11.9. The number of aliphatic carboxylic acids is 1. The standard InChI is InChI=1S/2C8H16O2/c1-6(2)10-7(9)8(3,4)5;1-6(2)5-8(3,4)7(9)10/h6H,1-5H3;6H,5H2,1-4H3,(H,9,10). The molecular weight excluding hydrogens is 256 g/mol. The van der Waals surface area contributed by atoms with E-state index in [0.717, 1.165) is 6.42 Å². The van der Waals surface area contributed by atoms with Gasteiger partial charge in [0.05, 0.1) is 16.9 Å². The highest BCUT2D eigenvalue weighted by atomic mass is 16.5. The van der Waals surface area contributed by atoms with Crippen molar-refractivity contribution in [2.75, 3.05) is 0 Å². The molecule has 4 heteroatoms. The summed E-state index contributed by atoms with van der Waals surface area (Å²) in [5, 5.41) is 8.69. The molecule has 0 aromatic carbocycles. The summed E-state index contributed by atoms with van der Waals surface area (Å²) < 4.78 is 4.98. The SMILES string of the molecule is CC(C)CC(C)(C)C(=O)O.CC(C)OC(=O)C(C)(C)C. The van der Waals surface area contributed by atoms with Gasteiger partial charge in [0.1, 0.15) is 0 Å². The van der Waals surface area contributed by atoms with Crippen molar-refractivity contribution in [3.8, 4) is 0 Å². The van der Waals surface area contributed by atoms with E-state index in [2.05, 4.69) is 0 Å². The zero-order chi connectivity index (χ0) is 16.7. The molecule has 0 heterocycles. The Kier molecular flexibility index (Phi) is 8.79. The van der Waals surface area contributed by atoms with Crippen molar-refractivity contribution in [1.29, 1.82) is 0 Å². The monoisotopic (exact) mass is 288 g/mol. The number of ether oxygens (including phenoxy) is 1. The Morgan fingerprint density at radius 2 is 1.40 bits per heavy atom. The molecule has 0 fully saturated rings. The molecule has 0 radical (unpaired) electrons. The van der Waals surface area contributed by atoms with E-state index in [9.17, 15) is 9.59 Å². The van der Waals surface area contributed by atoms with E-state index in [1.807, 2.05) is 48.5 Å². The summed E-state index contributed by atoms with van der Waals surface area (Å²) in [6.07, 6.45) is 0.731. The van der Waals surface area contributed by atoms with Crippen molar-refractivity contribution in [3.63, 3.8) is 0 Å². The molecule has 0 aromatic rings. The second-order valence-electron chi connectivity index (χ2n) is 7.49. The number of carbonyl (C=O) groups is 2. The number of carboxylic acids is 1. The molecule has 0 spiro atoms. The molecule has 0 aromatic heterocycles. The number of hydrogen-bond acceptors (Lipinski definition) is 3. The third-order valence-electron chi connectivity index (χ3n) is 2.45. The minimum absolute atomic E-state index is 0.00766. The van der Waals surface area contributed by atoms with E-state index in [1.54, 1.807) is 13.8 Å². The lowest BCUT2D eigenvalue weighted by Crippen LogP contribution is -2.25. The number of carbonyl (C=O) groups excluding carboxylic acids is 1. The van der Waals surface area contributed by atoms with E-state index >= 15 is 0 Å². The molecule has 0 saturated heterocycles. The zero-order valence-electron chi connectivity index (χ0n) is 14.5. The minimum Gasteiger partial charge on any atom is -0.481 e. The first-order valence-corrected chi connectivity index (χ1v) is 7.14. The quantitative estimate of drug-likeness (QED) is 0.790. The van der Waals surface area contributed by atoms with Gasteiger partial charge in [0.2, 0.25) is 0 Å². The molecular formula is C16H32O4. The van der Waals surface area contributed by atoms with Crippen LogP contribution in [0.1, 0.15) is 68.7 Å². The van der Waals surface area contributed by atoms with E-state index in [-0.39, 0.29) is 17.5 Å². The Hall–Kier alpha value is -1.06. The summed E-state index contributed by atoms with van der Waals surface area (Å²) in [4.78, 5) is 21.6. The fraction of sp³-hybridized carbons (Fsp3) is 0.875. The van der Waals surface area contributed by atoms with Gasteiger partial charge in [0.25, 0.3) is 0 Å². The molecule has 0 saturated carbocycles. The Balaban J connectivity index is 0. The molecule has 4 nitrogen and oxygen atoms in total. The van der Waals surface area contributed by atoms with Crippen LogP contribution < -0.4 is 0 Å². The van der Waals surface area contributed by atoms with Crippen molar-refractivity contribution in [2.45, 2.75) is 74.8 Å². The highest BCUT2D eigenvalue weighted by Gasteiger charge is 2.27. The predicted molar refractivity (Wildman–Crippen MR) is 81.6 cm³/mol. The van der Waals surface area contributed by atoms with Gasteiger partial charge >= 0.3 is 11.9 Å². The van der Waals surface area contributed by atoms with E-state index in [4.69, 9.17) is 9.84 Å². The van der Waals surface area contributed by atoms with E-state index < -0.39 is 11.4 Å². The second-order valence-corrected chi connectivity index (χ2v) is 7.49. The van der Waals surface area contributed by atoms with Gasteiger partial charge in [-0.3, -0.25) is 9.59 Å². The number of esters is 1. The summed E-state index contributed by atoms with van der Waals surface area (Å²) in [5.74, 6) is -0.394. The first kappa shape index (κ1) is 21.2. The van der Waals surface area contributed by atoms with E-state index in [0.29, 0.717) is 5.92 Å². The van der Waals surface area contributed by atoms with Crippen LogP contribution in [-0.2, 0) is 14.3 Å². The Morgan fingerprint density at radius 3 is 1.50 bits per heavy atom. The van der Waals surface area contributed by atoms with Crippen molar-refractivity contribution < 1.29 is 19.4 Å². The zero-order valence-corrected chi connectivity index (χ0v) is 14.5. The number of rotatable bonds is 4. The fourth-order valence-electron chi connectivity index (χ4n) is 1.50. The first-order chi connectivity index (χ1) is 8.70. The lowest BCUT2D eigenvalue weighted by Gasteiger charge is -2.20. The van der Waals surface area contributed by atoms with Gasteiger partial charge in [-0.05, 0) is 60.8 Å². The van der Waals surface area contributed by atoms with Gasteiger partial charge in [-0.1, -0.05) is 13.8 Å². The molecule has 0 aliphatic carbocycles. The lowest BCUT2D eigenvalue weighted by atomic mass is 9.84. The van der Waals surface area contributed by atoms with Gasteiger partial charge in [-0.2, -0.15) is 0 Å². The second kappa shape index (κ2) is 8.28. The van der Waals surface area contributed by atoms with Gasteiger partial charge in [0.15, 0.2) is 0 Å². The largest absolute Gasteiger partial charge is 0.481 e. The summed E-state index contributed by atoms with van der Waals surface area (Å²) >= 11 is 0. The maximum atomic E-state index is 11.1. The van der Waals surface area contributed by atoms with Crippen LogP contribution in [0.2, 0.25) is 0 Å². The average Bonchev–Trinajstić information content (AvgIpc) is 2.13. The Morgan fingerprint density at radius 1 is 1.00 bits per heavy atom. The molecule has 0 aliphatic rings. The molecule has 120 valence electrons. The Bertz CT molecular complexity index is 309. The Labute approximate surface area is 123 Å².